The second kappa shape index (κ2) is 4.75. The smallest absolute Gasteiger partial charge is 0.151 e. The average Bonchev–Trinajstić information content (AvgIpc) is 2.85. The molecule has 0 radical (unpaired) electrons. The standard InChI is InChI=1S/C14H12ClNOS/c15-13-7-12(2-1-11(13)9-17)16-5-3-14-10(8-16)4-6-18-14/h1-2,4,6-7,9H,3,5,8H2. The lowest BCUT2D eigenvalue weighted by Crippen LogP contribution is -2.29. The van der Waals surface area contributed by atoms with Crippen LogP contribution in [0.5, 0.6) is 0 Å². The van der Waals surface area contributed by atoms with E-state index in [4.69, 9.17) is 11.6 Å². The first-order valence-corrected chi connectivity index (χ1v) is 7.08. The maximum atomic E-state index is 10.7. The van der Waals surface area contributed by atoms with Crippen molar-refractivity contribution in [1.29, 1.82) is 0 Å². The average molecular weight is 278 g/mol. The Morgan fingerprint density at radius 1 is 1.33 bits per heavy atom. The number of thiophene rings is 1. The van der Waals surface area contributed by atoms with Crippen LogP contribution in [0.25, 0.3) is 0 Å². The predicted molar refractivity (Wildman–Crippen MR) is 75.9 cm³/mol. The summed E-state index contributed by atoms with van der Waals surface area (Å²) in [7, 11) is 0. The van der Waals surface area contributed by atoms with E-state index in [2.05, 4.69) is 16.3 Å². The fraction of sp³-hybridized carbons (Fsp3) is 0.214. The number of carbonyl (C=O) groups excluding carboxylic acids is 1. The van der Waals surface area contributed by atoms with Crippen LogP contribution in [-0.2, 0) is 13.0 Å². The third-order valence-corrected chi connectivity index (χ3v) is 4.63. The molecule has 2 nitrogen and oxygen atoms in total. The summed E-state index contributed by atoms with van der Waals surface area (Å²) in [6, 6.07) is 7.82. The number of carbonyl (C=O) groups is 1. The molecule has 0 spiro atoms. The van der Waals surface area contributed by atoms with Crippen LogP contribution in [-0.4, -0.2) is 12.8 Å². The first-order chi connectivity index (χ1) is 8.78. The van der Waals surface area contributed by atoms with Gasteiger partial charge in [0.25, 0.3) is 0 Å². The third kappa shape index (κ3) is 2.04. The number of nitrogens with zero attached hydrogens (tertiary/aromatic N) is 1. The normalized spacial score (nSPS) is 14.4. The Balaban J connectivity index is 1.88. The van der Waals surface area contributed by atoms with E-state index >= 15 is 0 Å². The Labute approximate surface area is 115 Å². The van der Waals surface area contributed by atoms with Crippen molar-refractivity contribution >= 4 is 34.9 Å². The van der Waals surface area contributed by atoms with Crippen LogP contribution >= 0.6 is 22.9 Å². The van der Waals surface area contributed by atoms with Crippen LogP contribution in [0.15, 0.2) is 29.6 Å². The van der Waals surface area contributed by atoms with Crippen molar-refractivity contribution in [3.05, 3.63) is 50.7 Å². The Morgan fingerprint density at radius 2 is 2.22 bits per heavy atom. The summed E-state index contributed by atoms with van der Waals surface area (Å²) in [5, 5.41) is 2.68. The van der Waals surface area contributed by atoms with Gasteiger partial charge in [-0.2, -0.15) is 0 Å². The molecule has 18 heavy (non-hydrogen) atoms. The van der Waals surface area contributed by atoms with E-state index in [9.17, 15) is 4.79 Å². The van der Waals surface area contributed by atoms with Gasteiger partial charge in [0.2, 0.25) is 0 Å². The molecule has 3 rings (SSSR count). The molecule has 1 aliphatic rings. The van der Waals surface area contributed by atoms with Crippen LogP contribution in [0, 0.1) is 0 Å². The van der Waals surface area contributed by atoms with Gasteiger partial charge >= 0.3 is 0 Å². The van der Waals surface area contributed by atoms with E-state index in [-0.39, 0.29) is 0 Å². The Kier molecular flexibility index (Phi) is 3.10. The molecule has 1 aliphatic heterocycles. The van der Waals surface area contributed by atoms with Crippen LogP contribution in [0.3, 0.4) is 0 Å². The molecule has 92 valence electrons. The van der Waals surface area contributed by atoms with Crippen LogP contribution < -0.4 is 4.90 Å². The van der Waals surface area contributed by atoms with Gasteiger partial charge in [0, 0.05) is 29.2 Å². The van der Waals surface area contributed by atoms with Gasteiger partial charge in [-0.3, -0.25) is 4.79 Å². The minimum absolute atomic E-state index is 0.526. The molecule has 2 heterocycles. The molecule has 0 saturated carbocycles. The first kappa shape index (κ1) is 11.8. The lowest BCUT2D eigenvalue weighted by Gasteiger charge is -2.29. The highest BCUT2D eigenvalue weighted by molar-refractivity contribution is 7.10. The molecule has 2 aromatic rings. The highest BCUT2D eigenvalue weighted by Gasteiger charge is 2.17. The molecule has 0 atom stereocenters. The van der Waals surface area contributed by atoms with Crippen molar-refractivity contribution < 1.29 is 4.79 Å². The third-order valence-electron chi connectivity index (χ3n) is 3.28. The topological polar surface area (TPSA) is 20.3 Å². The van der Waals surface area contributed by atoms with Crippen LogP contribution in [0.1, 0.15) is 20.8 Å². The van der Waals surface area contributed by atoms with Crippen molar-refractivity contribution in [1.82, 2.24) is 0 Å². The van der Waals surface area contributed by atoms with Gasteiger partial charge in [-0.1, -0.05) is 11.6 Å². The molecular formula is C14H12ClNOS. The summed E-state index contributed by atoms with van der Waals surface area (Å²) < 4.78 is 0. The largest absolute Gasteiger partial charge is 0.367 e. The number of aldehydes is 1. The number of benzene rings is 1. The maximum absolute atomic E-state index is 10.7. The fourth-order valence-electron chi connectivity index (χ4n) is 2.28. The molecule has 4 heteroatoms. The molecular weight excluding hydrogens is 266 g/mol. The number of rotatable bonds is 2. The van der Waals surface area contributed by atoms with Gasteiger partial charge in [-0.05, 0) is 41.6 Å². The monoisotopic (exact) mass is 277 g/mol. The molecule has 0 bridgehead atoms. The van der Waals surface area contributed by atoms with Crippen molar-refractivity contribution in [3.63, 3.8) is 0 Å². The van der Waals surface area contributed by atoms with Gasteiger partial charge in [0.1, 0.15) is 0 Å². The molecule has 0 N–H and O–H groups in total. The lowest BCUT2D eigenvalue weighted by molar-refractivity contribution is 0.112. The minimum atomic E-state index is 0.526. The molecule has 0 unspecified atom stereocenters. The summed E-state index contributed by atoms with van der Waals surface area (Å²) in [4.78, 5) is 14.5. The van der Waals surface area contributed by atoms with E-state index in [1.54, 1.807) is 6.07 Å². The van der Waals surface area contributed by atoms with Crippen molar-refractivity contribution in [2.45, 2.75) is 13.0 Å². The van der Waals surface area contributed by atoms with Gasteiger partial charge in [-0.15, -0.1) is 11.3 Å². The fourth-order valence-corrected chi connectivity index (χ4v) is 3.39. The van der Waals surface area contributed by atoms with Crippen LogP contribution in [0.4, 0.5) is 5.69 Å². The second-order valence-electron chi connectivity index (χ2n) is 4.36. The molecule has 0 amide bonds. The summed E-state index contributed by atoms with van der Waals surface area (Å²) in [5.41, 5.74) is 3.04. The van der Waals surface area contributed by atoms with Crippen molar-refractivity contribution in [3.8, 4) is 0 Å². The zero-order valence-corrected chi connectivity index (χ0v) is 11.3. The van der Waals surface area contributed by atoms with Gasteiger partial charge in [0.15, 0.2) is 6.29 Å². The van der Waals surface area contributed by atoms with Crippen molar-refractivity contribution in [2.24, 2.45) is 0 Å². The van der Waals surface area contributed by atoms with Gasteiger partial charge in [-0.25, -0.2) is 0 Å². The Morgan fingerprint density at radius 3 is 3.00 bits per heavy atom. The number of anilines is 1. The summed E-state index contributed by atoms with van der Waals surface area (Å²) >= 11 is 7.90. The first-order valence-electron chi connectivity index (χ1n) is 5.83. The highest BCUT2D eigenvalue weighted by Crippen LogP contribution is 2.29. The number of hydrogen-bond acceptors (Lipinski definition) is 3. The highest BCUT2D eigenvalue weighted by atomic mass is 35.5. The lowest BCUT2D eigenvalue weighted by atomic mass is 10.1. The van der Waals surface area contributed by atoms with E-state index in [1.807, 2.05) is 23.5 Å². The molecule has 1 aromatic heterocycles. The summed E-state index contributed by atoms with van der Waals surface area (Å²) in [6.45, 7) is 1.93. The quantitative estimate of drug-likeness (QED) is 0.779. The number of hydrogen-bond donors (Lipinski definition) is 0. The summed E-state index contributed by atoms with van der Waals surface area (Å²) in [6.07, 6.45) is 1.87. The van der Waals surface area contributed by atoms with Crippen LogP contribution in [0.2, 0.25) is 5.02 Å². The van der Waals surface area contributed by atoms with Gasteiger partial charge < -0.3 is 4.90 Å². The second-order valence-corrected chi connectivity index (χ2v) is 5.77. The van der Waals surface area contributed by atoms with E-state index in [0.717, 1.165) is 31.5 Å². The Bertz CT molecular complexity index is 593. The number of fused-ring (bicyclic) bond motifs is 1. The Hall–Kier alpha value is -1.32. The molecule has 1 aromatic carbocycles. The minimum Gasteiger partial charge on any atom is -0.367 e. The molecule has 0 fully saturated rings. The van der Waals surface area contributed by atoms with E-state index < -0.39 is 0 Å². The predicted octanol–water partition coefficient (Wildman–Crippen LogP) is 3.78. The zero-order valence-electron chi connectivity index (χ0n) is 9.73. The maximum Gasteiger partial charge on any atom is 0.151 e. The zero-order chi connectivity index (χ0) is 12.5. The number of halogens is 1. The summed E-state index contributed by atoms with van der Waals surface area (Å²) in [5.74, 6) is 0. The molecule has 0 saturated heterocycles. The van der Waals surface area contributed by atoms with Gasteiger partial charge in [0.05, 0.1) is 5.02 Å². The van der Waals surface area contributed by atoms with E-state index in [0.29, 0.717) is 10.6 Å². The van der Waals surface area contributed by atoms with Crippen molar-refractivity contribution in [2.75, 3.05) is 11.4 Å². The van der Waals surface area contributed by atoms with E-state index in [1.165, 1.54) is 10.4 Å². The molecule has 0 aliphatic carbocycles. The SMILES string of the molecule is O=Cc1ccc(N2CCc3sccc3C2)cc1Cl.